The van der Waals surface area contributed by atoms with Crippen molar-refractivity contribution in [2.45, 2.75) is 186 Å². The third-order valence-corrected chi connectivity index (χ3v) is 15.9. The Morgan fingerprint density at radius 2 is 1.55 bits per heavy atom. The van der Waals surface area contributed by atoms with E-state index in [1.165, 1.54) is 12.0 Å². The maximum absolute atomic E-state index is 14.5. The monoisotopic (exact) mass is 969 g/mol. The third kappa shape index (κ3) is 14.4. The summed E-state index contributed by atoms with van der Waals surface area (Å²) >= 11 is 0. The van der Waals surface area contributed by atoms with E-state index >= 15 is 0 Å². The molecule has 4 heterocycles. The lowest BCUT2D eigenvalue weighted by Crippen LogP contribution is -2.61. The molecule has 5 aliphatic rings. The number of rotatable bonds is 7. The summed E-state index contributed by atoms with van der Waals surface area (Å²) in [6.07, 6.45) is 12.3. The Balaban J connectivity index is 1.48. The van der Waals surface area contributed by atoms with E-state index in [0.717, 1.165) is 12.0 Å². The van der Waals surface area contributed by atoms with Crippen molar-refractivity contribution in [3.8, 4) is 0 Å². The van der Waals surface area contributed by atoms with Gasteiger partial charge in [-0.25, -0.2) is 4.79 Å². The normalized spacial score (nSPS) is 39.1. The zero-order valence-electron chi connectivity index (χ0n) is 43.0. The number of nitrogens with zero attached hydrogens (tertiary/aromatic N) is 2. The first-order valence-corrected chi connectivity index (χ1v) is 25.6. The summed E-state index contributed by atoms with van der Waals surface area (Å²) in [4.78, 5) is 74.7. The number of hydrogen-bond donors (Lipinski definition) is 3. The lowest BCUT2D eigenvalue weighted by atomic mass is 9.78. The Morgan fingerprint density at radius 3 is 2.23 bits per heavy atom. The molecule has 69 heavy (non-hydrogen) atoms. The lowest BCUT2D eigenvalue weighted by Gasteiger charge is -2.47. The number of esters is 1. The van der Waals surface area contributed by atoms with Crippen molar-refractivity contribution in [2.75, 3.05) is 41.0 Å². The molecule has 15 unspecified atom stereocenters. The summed E-state index contributed by atoms with van der Waals surface area (Å²) in [7, 11) is 4.64. The van der Waals surface area contributed by atoms with Crippen LogP contribution in [0.3, 0.4) is 0 Å². The van der Waals surface area contributed by atoms with E-state index in [2.05, 4.69) is 4.90 Å². The van der Waals surface area contributed by atoms with Crippen LogP contribution in [-0.2, 0) is 47.7 Å². The van der Waals surface area contributed by atoms with Crippen LogP contribution in [0, 0.1) is 35.5 Å². The maximum Gasteiger partial charge on any atom is 0.329 e. The molecule has 3 N–H and O–H groups in total. The fourth-order valence-corrected chi connectivity index (χ4v) is 11.2. The topological polar surface area (TPSA) is 199 Å². The second-order valence-electron chi connectivity index (χ2n) is 21.2. The highest BCUT2D eigenvalue weighted by molar-refractivity contribution is 6.39. The van der Waals surface area contributed by atoms with Crippen LogP contribution in [0.2, 0.25) is 0 Å². The summed E-state index contributed by atoms with van der Waals surface area (Å²) in [6.45, 7) is 14.3. The van der Waals surface area contributed by atoms with Gasteiger partial charge in [0, 0.05) is 71.2 Å². The molecule has 4 aliphatic heterocycles. The number of ether oxygens (including phenoxy) is 5. The average molecular weight is 969 g/mol. The Morgan fingerprint density at radius 1 is 0.826 bits per heavy atom. The fourth-order valence-electron chi connectivity index (χ4n) is 11.2. The van der Waals surface area contributed by atoms with Crippen LogP contribution in [0.4, 0.5) is 0 Å². The minimum absolute atomic E-state index is 0.0222. The summed E-state index contributed by atoms with van der Waals surface area (Å²) in [5, 5.41) is 34.2. The van der Waals surface area contributed by atoms with Crippen LogP contribution in [0.1, 0.15) is 126 Å². The molecule has 15 atom stereocenters. The second kappa shape index (κ2) is 25.8. The first-order chi connectivity index (χ1) is 32.7. The number of fused-ring (bicyclic) bond motifs is 3. The number of hydrogen-bond acceptors (Lipinski definition) is 14. The Bertz CT molecular complexity index is 1890. The number of carbonyl (C=O) groups excluding carboxylic acids is 5. The number of Topliss-reactive ketones (excluding diaryl/α,β-unsaturated/α-hetero) is 3. The van der Waals surface area contributed by atoms with Crippen molar-refractivity contribution in [1.29, 1.82) is 0 Å². The van der Waals surface area contributed by atoms with Crippen molar-refractivity contribution in [2.24, 2.45) is 35.5 Å². The largest absolute Gasteiger partial charge is 0.460 e. The van der Waals surface area contributed by atoms with Crippen molar-refractivity contribution in [3.63, 3.8) is 0 Å². The van der Waals surface area contributed by atoms with Crippen LogP contribution in [-0.4, -0.2) is 156 Å². The van der Waals surface area contributed by atoms with E-state index < -0.39 is 77.8 Å². The van der Waals surface area contributed by atoms with Crippen LogP contribution in [0.25, 0.3) is 0 Å². The van der Waals surface area contributed by atoms with Crippen LogP contribution in [0.15, 0.2) is 47.6 Å². The minimum Gasteiger partial charge on any atom is -0.460 e. The number of piperidine rings is 1. The van der Waals surface area contributed by atoms with Gasteiger partial charge in [-0.1, -0.05) is 76.6 Å². The zero-order valence-corrected chi connectivity index (χ0v) is 43.0. The summed E-state index contributed by atoms with van der Waals surface area (Å²) < 4.78 is 29.4. The molecule has 15 nitrogen and oxygen atoms in total. The quantitative estimate of drug-likeness (QED) is 0.156. The van der Waals surface area contributed by atoms with Gasteiger partial charge in [0.25, 0.3) is 11.7 Å². The van der Waals surface area contributed by atoms with E-state index in [0.29, 0.717) is 76.5 Å². The molecule has 0 aromatic carbocycles. The minimum atomic E-state index is -2.42. The van der Waals surface area contributed by atoms with E-state index in [1.54, 1.807) is 41.1 Å². The van der Waals surface area contributed by atoms with Gasteiger partial charge in [0.15, 0.2) is 5.78 Å². The molecule has 1 saturated carbocycles. The average Bonchev–Trinajstić information content (AvgIpc) is 3.31. The molecule has 5 rings (SSSR count). The van der Waals surface area contributed by atoms with Crippen LogP contribution in [0.5, 0.6) is 0 Å². The highest BCUT2D eigenvalue weighted by Crippen LogP contribution is 2.38. The smallest absolute Gasteiger partial charge is 0.329 e. The number of likely N-dealkylation sites (tertiary alicyclic amines) is 1. The molecule has 2 bridgehead atoms. The zero-order chi connectivity index (χ0) is 50.7. The van der Waals surface area contributed by atoms with Gasteiger partial charge < -0.3 is 43.9 Å². The Labute approximate surface area is 411 Å². The molecule has 15 heteroatoms. The Kier molecular flexibility index (Phi) is 21.1. The first kappa shape index (κ1) is 56.5. The number of amides is 1. The number of carbonyl (C=O) groups is 5. The van der Waals surface area contributed by atoms with E-state index in [9.17, 15) is 39.3 Å². The molecule has 0 aromatic heterocycles. The van der Waals surface area contributed by atoms with Crippen LogP contribution >= 0.6 is 0 Å². The van der Waals surface area contributed by atoms with Crippen molar-refractivity contribution in [1.82, 2.24) is 9.80 Å². The summed E-state index contributed by atoms with van der Waals surface area (Å²) in [5.41, 5.74) is 1.43. The van der Waals surface area contributed by atoms with Gasteiger partial charge in [-0.2, -0.15) is 0 Å². The molecule has 3 saturated heterocycles. The molecule has 0 aromatic rings. The van der Waals surface area contributed by atoms with Crippen molar-refractivity contribution >= 4 is 29.2 Å². The van der Waals surface area contributed by atoms with Gasteiger partial charge in [0.05, 0.1) is 24.4 Å². The standard InChI is InChI=1S/C54H84N2O13/c1-32-16-12-11-13-17-33(2)43(55-30-41(31-55)65-8)28-40-21-19-38(7)54(64,69-40)51(61)52(62)56-23-15-14-18-42(56)53(63)68-46(35(4)26-39-20-22-44(57)47(27-39)66-9)29-45(58)34(3)25-37(6)49(60)50(67-10)48(59)36(5)24-32/h11-13,16-17,25,32,34-36,38-44,46-47,49-50,57,60,64H,14-15,18-24,26-31H2,1-10H3/b13-11?,16-12+,33-17?,37-25+. The lowest BCUT2D eigenvalue weighted by molar-refractivity contribution is -0.265. The molecule has 1 amide bonds. The fraction of sp³-hybridized carbons (Fsp3) is 0.759. The van der Waals surface area contributed by atoms with Gasteiger partial charge in [-0.3, -0.25) is 24.1 Å². The number of methoxy groups -OCH3 is 3. The van der Waals surface area contributed by atoms with Crippen molar-refractivity contribution in [3.05, 3.63) is 47.6 Å². The molecular weight excluding hydrogens is 885 g/mol. The van der Waals surface area contributed by atoms with Gasteiger partial charge in [-0.15, -0.1) is 0 Å². The molecule has 4 fully saturated rings. The summed E-state index contributed by atoms with van der Waals surface area (Å²) in [6, 6.07) is -1.25. The second-order valence-corrected chi connectivity index (χ2v) is 21.2. The number of cyclic esters (lactones) is 1. The maximum atomic E-state index is 14.5. The highest BCUT2D eigenvalue weighted by atomic mass is 16.6. The van der Waals surface area contributed by atoms with E-state index in [1.807, 2.05) is 58.1 Å². The number of ketones is 3. The predicted molar refractivity (Wildman–Crippen MR) is 260 cm³/mol. The third-order valence-electron chi connectivity index (χ3n) is 15.9. The van der Waals surface area contributed by atoms with Gasteiger partial charge in [-0.05, 0) is 108 Å². The SMILES string of the molecule is COC1CN(C2CC3CCC(C)C(O)(O3)C(=O)C(=O)N3CCCCC3C(=O)OC(C(C)CC3CCC(O)C(OC)C3)CC(=O)C(C)/C=C(\C)C(O)C(OC)C(=O)C(C)CC(C)/C=C/C=CC=C2C)C1. The molecule has 388 valence electrons. The number of aliphatic hydroxyl groups excluding tert-OH is 2. The van der Waals surface area contributed by atoms with Gasteiger partial charge >= 0.3 is 5.97 Å². The molecule has 0 spiro atoms. The Hall–Kier alpha value is -3.41. The van der Waals surface area contributed by atoms with Crippen molar-refractivity contribution < 1.29 is 63.0 Å². The molecular formula is C54H84N2O13. The highest BCUT2D eigenvalue weighted by Gasteiger charge is 2.53. The molecule has 1 aliphatic carbocycles. The van der Waals surface area contributed by atoms with Gasteiger partial charge in [0.2, 0.25) is 5.79 Å². The van der Waals surface area contributed by atoms with Gasteiger partial charge in [0.1, 0.15) is 30.1 Å². The van der Waals surface area contributed by atoms with E-state index in [-0.39, 0.29) is 67.0 Å². The summed E-state index contributed by atoms with van der Waals surface area (Å²) in [5.74, 6) is -7.88. The molecule has 0 radical (unpaired) electrons. The number of allylic oxidation sites excluding steroid dienone is 6. The predicted octanol–water partition coefficient (Wildman–Crippen LogP) is 5.86. The number of aliphatic hydroxyl groups is 3. The van der Waals surface area contributed by atoms with Crippen LogP contribution < -0.4 is 0 Å². The first-order valence-electron chi connectivity index (χ1n) is 25.6. The van der Waals surface area contributed by atoms with E-state index in [4.69, 9.17) is 23.7 Å².